The molecule has 10 aliphatic heterocycles. The predicted octanol–water partition coefficient (Wildman–Crippen LogP) is 14.2. The number of ketones is 4. The molecule has 124 heavy (non-hydrogen) atoms. The molecule has 4 aromatic rings. The van der Waals surface area contributed by atoms with Crippen LogP contribution in [0.5, 0.6) is 0 Å². The van der Waals surface area contributed by atoms with E-state index in [0.717, 1.165) is 16.7 Å². The van der Waals surface area contributed by atoms with Gasteiger partial charge in [0.2, 0.25) is 29.5 Å². The van der Waals surface area contributed by atoms with Crippen molar-refractivity contribution in [2.75, 3.05) is 11.5 Å². The quantitative estimate of drug-likeness (QED) is 0.0237. The number of carbonyl (C=O) groups is 14. The summed E-state index contributed by atoms with van der Waals surface area (Å²) in [6, 6.07) is 31.4. The van der Waals surface area contributed by atoms with Crippen LogP contribution in [0.25, 0.3) is 0 Å². The predicted molar refractivity (Wildman–Crippen MR) is 554 cm³/mol. The number of carbonyl (C=O) groups excluding carboxylic acids is 9. The molecule has 5 amide bonds. The Morgan fingerprint density at radius 2 is 0.750 bits per heavy atom. The molecule has 0 saturated carbocycles. The first-order valence-corrected chi connectivity index (χ1v) is 69.6. The number of Topliss-reactive ketones (excluding diaryl/α,β-unsaturated/α-hetero) is 4. The molecule has 4 aromatic carbocycles. The van der Waals surface area contributed by atoms with Crippen LogP contribution in [-0.4, -0.2) is 215 Å². The van der Waals surface area contributed by atoms with Gasteiger partial charge in [0.1, 0.15) is 58.1 Å². The number of halogens is 8. The van der Waals surface area contributed by atoms with Crippen molar-refractivity contribution >= 4 is 302 Å². The first-order chi connectivity index (χ1) is 55.7. The number of aliphatic carboxylic acids is 5. The number of β-lactam (4-membered cyclic amide) rings is 5. The zero-order valence-corrected chi connectivity index (χ0v) is 91.9. The van der Waals surface area contributed by atoms with Crippen molar-refractivity contribution in [2.24, 2.45) is 46.4 Å². The third-order valence-electron chi connectivity index (χ3n) is 20.3. The first kappa shape index (κ1) is 120. The molecule has 687 valence electrons. The Labute approximate surface area is 853 Å². The molecular formula is C80H105I8N10O19S5V2-2. The van der Waals surface area contributed by atoms with Crippen molar-refractivity contribution < 1.29 is 107 Å². The Bertz CT molecular complexity index is 4500. The normalized spacial score (nSPS) is 25.0. The van der Waals surface area contributed by atoms with Crippen molar-refractivity contribution in [1.29, 1.82) is 0 Å². The van der Waals surface area contributed by atoms with Crippen LogP contribution in [0.4, 0.5) is 0 Å². The average molecular weight is 2790 g/mol. The van der Waals surface area contributed by atoms with Gasteiger partial charge in [0, 0.05) is 88.7 Å². The van der Waals surface area contributed by atoms with E-state index in [1.165, 1.54) is 90.2 Å². The third kappa shape index (κ3) is 29.4. The summed E-state index contributed by atoms with van der Waals surface area (Å²) >= 11 is 23.8. The van der Waals surface area contributed by atoms with Crippen molar-refractivity contribution in [2.45, 2.75) is 192 Å². The second-order valence-electron chi connectivity index (χ2n) is 29.6. The van der Waals surface area contributed by atoms with Crippen LogP contribution < -0.4 is 28.7 Å². The molecule has 44 heteroatoms. The molecule has 5 unspecified atom stereocenters. The summed E-state index contributed by atoms with van der Waals surface area (Å²) in [5.74, 6) is -6.99. The number of carboxylic acid groups (broad SMARTS) is 5. The number of thioether (sulfide) groups is 5. The Morgan fingerprint density at radius 3 is 1.08 bits per heavy atom. The van der Waals surface area contributed by atoms with Crippen LogP contribution in [0, 0.1) is 32.6 Å². The monoisotopic (exact) mass is 2790 g/mol. The van der Waals surface area contributed by atoms with Crippen LogP contribution in [0.3, 0.4) is 0 Å². The van der Waals surface area contributed by atoms with E-state index < -0.39 is 104 Å². The number of rotatable bonds is 19. The summed E-state index contributed by atoms with van der Waals surface area (Å²) < 4.78 is -1.57. The molecular weight excluding hydrogens is 2680 g/mol. The SMILES string of the molecule is C.C.CC(=O)[C@H](N)c1ccccc1.CC1(C)SC2[C@H](CC(=O)[C@H](N)c3ccccc3)C(=O)N2[C@H]1C(=O)O.CC1(C)SC2[C@H](N)C(=O)N2[C@H]1C(=O)O.CC1(C)S[C@@H]2[C@H](CC(=O)Cc3ccccc3)C(=O)N2[C@H]1C(=O)O.CC1=C(C(=O)O)N2C(=O)C(N)C2SC1.CC1=C(C(=O)O)N2C(=O)[C@@H](CC(=O)[C@H](N)c3ccccc3)C2SC1.I.II.[CH3-].[CH3-].[I][V]([I])[I].[I][V][I]. The van der Waals surface area contributed by atoms with E-state index in [9.17, 15) is 82.4 Å². The molecule has 0 spiro atoms. The molecule has 14 rings (SSSR count). The molecule has 0 radical (unpaired) electrons. The topological polar surface area (TPSA) is 486 Å². The summed E-state index contributed by atoms with van der Waals surface area (Å²) in [6.45, 7) is 15.9. The molecule has 15 N–H and O–H groups in total. The van der Waals surface area contributed by atoms with Crippen molar-refractivity contribution in [1.82, 2.24) is 24.5 Å². The molecule has 10 heterocycles. The fourth-order valence-electron chi connectivity index (χ4n) is 14.6. The van der Waals surface area contributed by atoms with Crippen molar-refractivity contribution in [3.8, 4) is 0 Å². The molecule has 0 aliphatic carbocycles. The van der Waals surface area contributed by atoms with Gasteiger partial charge in [0.05, 0.1) is 52.0 Å². The molecule has 16 atom stereocenters. The number of nitrogens with zero attached hydrogens (tertiary/aromatic N) is 5. The van der Waals surface area contributed by atoms with Gasteiger partial charge in [-0.15, -0.1) is 82.8 Å². The number of hydrogen-bond acceptors (Lipinski definition) is 24. The second kappa shape index (κ2) is 54.0. The molecule has 10 aliphatic rings. The summed E-state index contributed by atoms with van der Waals surface area (Å²) in [4.78, 5) is 170. The Balaban J connectivity index is 0.000000736. The minimum atomic E-state index is -1.10. The van der Waals surface area contributed by atoms with E-state index in [2.05, 4.69) is 137 Å². The summed E-state index contributed by atoms with van der Waals surface area (Å²) in [6.07, 6.45) is 0.582. The van der Waals surface area contributed by atoms with Gasteiger partial charge in [-0.05, 0) is 95.7 Å². The fraction of sp³-hybridized carbons (Fsp3) is 0.450. The van der Waals surface area contributed by atoms with Gasteiger partial charge in [0.15, 0.2) is 17.3 Å². The van der Waals surface area contributed by atoms with Crippen LogP contribution >= 0.6 is 220 Å². The number of benzene rings is 4. The Kier molecular flexibility index (Phi) is 52.4. The number of nitrogens with two attached hydrogens (primary N) is 5. The number of carboxylic acids is 5. The molecule has 29 nitrogen and oxygen atoms in total. The van der Waals surface area contributed by atoms with E-state index >= 15 is 0 Å². The standard InChI is InChI=1S/C17H20N2O4S.C17H18N2O4S.C17H19NO4S.C9H11NO.C8H12N2O3S.C8H10N2O3S.2CH4.2CH3.I2.6HI.2V/c1-17(2)13(16(22)23)19-14(21)10(15(19)24-17)8-11(20)12(18)9-6-4-3-5-7-9;1-9-8-24-16-11(15(21)19(16)14(9)17(22)23)7-12(20)13(18)10-5-3-2-4-6-10;1-17(2)13(16(21)22)18-14(20)12(15(18)23-17)9-11(19)8-10-6-4-3-5-7-10;1-7(11)9(10)8-5-3-2-4-6-8;1-8(2)4(7(12)13)10-5(11)3(9)6(10)14-8;1-3-2-14-7-4(9)6(11)10(7)5(3)8(12)13;;;;;1-2;;;;;;;;/h3-7,10,12-13,15H,8,18H2,1-2H3,(H,22,23);2-6,11,13,16H,7-8,18H2,1H3,(H,22,23);3-7,12-13,15H,8-9H2,1-2H3,(H,21,22);2-6,9H,10H2,1H3;3-4,6H,9H2,1-2H3,(H,12,13);4,7H,2,9H2,1H3,(H,12,13);2*1H4;2*1H3;;6*1H;;/q;;;;;;;;2*-1;;;;;;;;+2;+3/p-5/t10-,12-,13+,15?;11-,13-,16?;12-,13+,15-;9-;3-,4+,6?;;;;;;;;;;;;;;/m11101............../s1. The molecule has 8 fully saturated rings. The Hall–Kier alpha value is -1.70. The van der Waals surface area contributed by atoms with E-state index in [-0.39, 0.29) is 175 Å². The third-order valence-corrected chi connectivity index (χ3v) is 28.1. The molecule has 8 saturated heterocycles. The van der Waals surface area contributed by atoms with Crippen molar-refractivity contribution in [3.63, 3.8) is 0 Å². The maximum absolute atomic E-state index is 12.4. The number of hydrogen-bond donors (Lipinski definition) is 10. The summed E-state index contributed by atoms with van der Waals surface area (Å²) in [7, 11) is 0.628. The van der Waals surface area contributed by atoms with Gasteiger partial charge >= 0.3 is 144 Å². The average Bonchev–Trinajstić information content (AvgIpc) is 1.53. The van der Waals surface area contributed by atoms with E-state index in [0.29, 0.717) is 44.1 Å². The van der Waals surface area contributed by atoms with Gasteiger partial charge in [-0.2, -0.15) is 0 Å². The van der Waals surface area contributed by atoms with Gasteiger partial charge in [0.25, 0.3) is 0 Å². The zero-order chi connectivity index (χ0) is 89.5. The van der Waals surface area contributed by atoms with E-state index in [4.69, 9.17) is 38.9 Å². The maximum atomic E-state index is 12.4. The van der Waals surface area contributed by atoms with E-state index in [1.807, 2.05) is 139 Å². The first-order valence-electron chi connectivity index (χ1n) is 36.0. The second-order valence-corrected chi connectivity index (χ2v) is 84.3. The minimum absolute atomic E-state index is 0. The molecule has 0 bridgehead atoms. The van der Waals surface area contributed by atoms with Crippen LogP contribution in [0.1, 0.15) is 137 Å². The van der Waals surface area contributed by atoms with Crippen LogP contribution in [0.15, 0.2) is 144 Å². The van der Waals surface area contributed by atoms with Crippen LogP contribution in [-0.2, 0) is 87.9 Å². The summed E-state index contributed by atoms with van der Waals surface area (Å²) in [5.41, 5.74) is 33.5. The summed E-state index contributed by atoms with van der Waals surface area (Å²) in [5, 5.41) is 45.0. The van der Waals surface area contributed by atoms with Gasteiger partial charge in [-0.25, -0.2) is 24.0 Å². The van der Waals surface area contributed by atoms with Gasteiger partial charge in [-0.3, -0.25) is 53.0 Å². The zero-order valence-electron chi connectivity index (χ0n) is 67.6. The Morgan fingerprint density at radius 1 is 0.468 bits per heavy atom. The molecule has 0 aromatic heterocycles. The fourth-order valence-corrected chi connectivity index (χ4v) is 22.1. The van der Waals surface area contributed by atoms with Crippen molar-refractivity contribution in [3.05, 3.63) is 181 Å². The number of amides is 5. The van der Waals surface area contributed by atoms with Crippen LogP contribution in [0.2, 0.25) is 0 Å². The van der Waals surface area contributed by atoms with Gasteiger partial charge in [-0.1, -0.05) is 136 Å². The number of fused-ring (bicyclic) bond motifs is 5. The van der Waals surface area contributed by atoms with Gasteiger partial charge < -0.3 is 83.8 Å². The van der Waals surface area contributed by atoms with E-state index in [1.54, 1.807) is 38.1 Å².